The van der Waals surface area contributed by atoms with E-state index in [4.69, 9.17) is 39.8 Å². The van der Waals surface area contributed by atoms with E-state index in [1.54, 1.807) is 30.3 Å². The van der Waals surface area contributed by atoms with Gasteiger partial charge in [0.25, 0.3) is 5.91 Å². The van der Waals surface area contributed by atoms with Crippen LogP contribution in [0.4, 0.5) is 11.4 Å². The number of amides is 1. The summed E-state index contributed by atoms with van der Waals surface area (Å²) in [5.41, 5.74) is 2.60. The second-order valence-electron chi connectivity index (χ2n) is 7.26. The van der Waals surface area contributed by atoms with Gasteiger partial charge in [-0.15, -0.1) is 0 Å². The topological polar surface area (TPSA) is 57.5 Å². The number of rotatable bonds is 4. The Hall–Kier alpha value is -2.54. The van der Waals surface area contributed by atoms with Crippen molar-refractivity contribution in [3.63, 3.8) is 0 Å². The van der Waals surface area contributed by atoms with E-state index in [1.165, 1.54) is 19.3 Å². The van der Waals surface area contributed by atoms with E-state index in [9.17, 15) is 4.79 Å². The molecule has 0 atom stereocenters. The highest BCUT2D eigenvalue weighted by Crippen LogP contribution is 2.32. The first-order valence-electron chi connectivity index (χ1n) is 10.0. The summed E-state index contributed by atoms with van der Waals surface area (Å²) < 4.78 is 5.69. The fourth-order valence-corrected chi connectivity index (χ4v) is 4.31. The fourth-order valence-electron chi connectivity index (χ4n) is 3.60. The van der Waals surface area contributed by atoms with Crippen LogP contribution in [0.15, 0.2) is 59.0 Å². The van der Waals surface area contributed by atoms with Crippen molar-refractivity contribution in [1.29, 1.82) is 0 Å². The molecule has 1 aliphatic rings. The largest absolute Gasteiger partial charge is 0.451 e. The zero-order valence-electron chi connectivity index (χ0n) is 16.7. The maximum absolute atomic E-state index is 12.6. The van der Waals surface area contributed by atoms with Gasteiger partial charge in [0.15, 0.2) is 10.9 Å². The lowest BCUT2D eigenvalue weighted by molar-refractivity contribution is 0.0951. The summed E-state index contributed by atoms with van der Waals surface area (Å²) in [6.07, 6.45) is 3.61. The Morgan fingerprint density at radius 3 is 2.55 bits per heavy atom. The average Bonchev–Trinajstić information content (AvgIpc) is 3.25. The summed E-state index contributed by atoms with van der Waals surface area (Å²) in [7, 11) is 0. The number of nitrogens with zero attached hydrogens (tertiary/aromatic N) is 1. The molecule has 1 fully saturated rings. The quantitative estimate of drug-likeness (QED) is 0.431. The second-order valence-corrected chi connectivity index (χ2v) is 8.51. The first-order chi connectivity index (χ1) is 15.0. The molecule has 0 radical (unpaired) electrons. The third-order valence-corrected chi connectivity index (χ3v) is 5.85. The molecule has 0 bridgehead atoms. The maximum Gasteiger partial charge on any atom is 0.293 e. The van der Waals surface area contributed by atoms with Crippen LogP contribution in [0.1, 0.15) is 29.8 Å². The molecule has 0 aliphatic carbocycles. The Morgan fingerprint density at radius 1 is 1.00 bits per heavy atom. The number of carbonyl (C=O) groups excluding carboxylic acids is 1. The molecule has 1 saturated heterocycles. The van der Waals surface area contributed by atoms with E-state index < -0.39 is 5.91 Å². The molecule has 2 aromatic carbocycles. The Kier molecular flexibility index (Phi) is 6.80. The number of carbonyl (C=O) groups is 1. The summed E-state index contributed by atoms with van der Waals surface area (Å²) in [5, 5.41) is 7.00. The summed E-state index contributed by atoms with van der Waals surface area (Å²) in [6.45, 7) is 2.03. The molecule has 1 amide bonds. The number of para-hydroxylation sites is 2. The molecule has 3 aromatic rings. The fraction of sp³-hybridized carbons (Fsp3) is 0.217. The van der Waals surface area contributed by atoms with E-state index in [-0.39, 0.29) is 10.9 Å². The molecule has 0 unspecified atom stereocenters. The predicted molar refractivity (Wildman–Crippen MR) is 130 cm³/mol. The molecule has 5 nitrogen and oxygen atoms in total. The summed E-state index contributed by atoms with van der Waals surface area (Å²) in [6, 6.07) is 16.3. The van der Waals surface area contributed by atoms with Crippen molar-refractivity contribution in [1.82, 2.24) is 5.32 Å². The van der Waals surface area contributed by atoms with Crippen LogP contribution < -0.4 is 15.5 Å². The first-order valence-corrected chi connectivity index (χ1v) is 11.2. The number of halogens is 2. The minimum absolute atomic E-state index is 0.134. The number of furan rings is 1. The second kappa shape index (κ2) is 9.73. The highest BCUT2D eigenvalue weighted by Gasteiger charge is 2.18. The Balaban J connectivity index is 1.43. The number of piperidine rings is 1. The van der Waals surface area contributed by atoms with Crippen molar-refractivity contribution in [3.8, 4) is 11.3 Å². The molecule has 31 heavy (non-hydrogen) atoms. The molecular weight excluding hydrogens is 453 g/mol. The van der Waals surface area contributed by atoms with Crippen LogP contribution in [-0.2, 0) is 0 Å². The van der Waals surface area contributed by atoms with Crippen molar-refractivity contribution < 1.29 is 9.21 Å². The van der Waals surface area contributed by atoms with Gasteiger partial charge >= 0.3 is 0 Å². The predicted octanol–water partition coefficient (Wildman–Crippen LogP) is 6.37. The lowest BCUT2D eigenvalue weighted by Crippen LogP contribution is -2.35. The lowest BCUT2D eigenvalue weighted by atomic mass is 10.1. The van der Waals surface area contributed by atoms with Gasteiger partial charge in [0.2, 0.25) is 0 Å². The first kappa shape index (κ1) is 21.7. The smallest absolute Gasteiger partial charge is 0.293 e. The number of hydrogen-bond acceptors (Lipinski definition) is 4. The molecule has 4 rings (SSSR count). The molecular formula is C23H21Cl2N3O2S. The minimum Gasteiger partial charge on any atom is -0.451 e. The Labute approximate surface area is 196 Å². The van der Waals surface area contributed by atoms with Crippen LogP contribution in [0.3, 0.4) is 0 Å². The number of anilines is 2. The Bertz CT molecular complexity index is 1110. The maximum atomic E-state index is 12.6. The highest BCUT2D eigenvalue weighted by atomic mass is 35.5. The van der Waals surface area contributed by atoms with Crippen LogP contribution in [0.2, 0.25) is 10.0 Å². The van der Waals surface area contributed by atoms with Crippen LogP contribution in [-0.4, -0.2) is 24.1 Å². The lowest BCUT2D eigenvalue weighted by Gasteiger charge is -2.30. The monoisotopic (exact) mass is 473 g/mol. The standard InChI is InChI=1S/C23H21Cl2N3O2S/c24-15-8-9-16(17(25)14-15)20-10-11-21(30-20)22(29)27-23(31)26-18-6-2-3-7-19(18)28-12-4-1-5-13-28/h2-3,6-11,14H,1,4-5,12-13H2,(H2,26,27,29,31). The van der Waals surface area contributed by atoms with Gasteiger partial charge in [0, 0.05) is 23.7 Å². The zero-order chi connectivity index (χ0) is 21.8. The van der Waals surface area contributed by atoms with E-state index in [0.29, 0.717) is 21.4 Å². The van der Waals surface area contributed by atoms with E-state index >= 15 is 0 Å². The number of hydrogen-bond donors (Lipinski definition) is 2. The molecule has 2 N–H and O–H groups in total. The van der Waals surface area contributed by atoms with Crippen molar-refractivity contribution in [3.05, 3.63) is 70.4 Å². The van der Waals surface area contributed by atoms with Gasteiger partial charge in [-0.05, 0) is 73.9 Å². The van der Waals surface area contributed by atoms with Crippen molar-refractivity contribution >= 4 is 57.8 Å². The van der Waals surface area contributed by atoms with E-state index in [0.717, 1.165) is 24.5 Å². The third kappa shape index (κ3) is 5.21. The van der Waals surface area contributed by atoms with Gasteiger partial charge in [-0.2, -0.15) is 0 Å². The highest BCUT2D eigenvalue weighted by molar-refractivity contribution is 7.80. The van der Waals surface area contributed by atoms with Crippen molar-refractivity contribution in [2.24, 2.45) is 0 Å². The molecule has 1 aromatic heterocycles. The Morgan fingerprint density at radius 2 is 1.77 bits per heavy atom. The molecule has 0 saturated carbocycles. The van der Waals surface area contributed by atoms with E-state index in [2.05, 4.69) is 21.6 Å². The summed E-state index contributed by atoms with van der Waals surface area (Å²) in [5.74, 6) is 0.167. The van der Waals surface area contributed by atoms with Gasteiger partial charge in [0.1, 0.15) is 5.76 Å². The van der Waals surface area contributed by atoms with Gasteiger partial charge in [-0.3, -0.25) is 10.1 Å². The van der Waals surface area contributed by atoms with Gasteiger partial charge in [0.05, 0.1) is 16.4 Å². The van der Waals surface area contributed by atoms with Gasteiger partial charge in [-0.1, -0.05) is 35.3 Å². The minimum atomic E-state index is -0.440. The van der Waals surface area contributed by atoms with Crippen LogP contribution in [0.5, 0.6) is 0 Å². The number of benzene rings is 2. The van der Waals surface area contributed by atoms with Crippen molar-refractivity contribution in [2.75, 3.05) is 23.3 Å². The summed E-state index contributed by atoms with van der Waals surface area (Å²) >= 11 is 17.5. The van der Waals surface area contributed by atoms with Gasteiger partial charge in [-0.25, -0.2) is 0 Å². The van der Waals surface area contributed by atoms with Gasteiger partial charge < -0.3 is 14.6 Å². The third-order valence-electron chi connectivity index (χ3n) is 5.10. The number of nitrogens with one attached hydrogen (secondary N) is 2. The number of thiocarbonyl (C=S) groups is 1. The molecule has 0 spiro atoms. The zero-order valence-corrected chi connectivity index (χ0v) is 19.0. The average molecular weight is 474 g/mol. The molecule has 8 heteroatoms. The van der Waals surface area contributed by atoms with Crippen molar-refractivity contribution in [2.45, 2.75) is 19.3 Å². The SMILES string of the molecule is O=C(NC(=S)Nc1ccccc1N1CCCCC1)c1ccc(-c2ccc(Cl)cc2Cl)o1. The molecule has 1 aliphatic heterocycles. The molecule has 2 heterocycles. The van der Waals surface area contributed by atoms with Crippen LogP contribution in [0.25, 0.3) is 11.3 Å². The van der Waals surface area contributed by atoms with E-state index in [1.807, 2.05) is 18.2 Å². The summed E-state index contributed by atoms with van der Waals surface area (Å²) in [4.78, 5) is 15.0. The normalized spacial score (nSPS) is 13.7. The van der Waals surface area contributed by atoms with Crippen LogP contribution in [0, 0.1) is 0 Å². The van der Waals surface area contributed by atoms with Crippen LogP contribution >= 0.6 is 35.4 Å². The molecule has 160 valence electrons.